The van der Waals surface area contributed by atoms with E-state index in [0.717, 1.165) is 31.5 Å². The number of amides is 2. The first-order valence-corrected chi connectivity index (χ1v) is 7.94. The van der Waals surface area contributed by atoms with E-state index in [4.69, 9.17) is 0 Å². The summed E-state index contributed by atoms with van der Waals surface area (Å²) in [5, 5.41) is 6.12. The molecule has 1 heterocycles. The van der Waals surface area contributed by atoms with Gasteiger partial charge < -0.3 is 15.5 Å². The van der Waals surface area contributed by atoms with Crippen molar-refractivity contribution in [3.63, 3.8) is 0 Å². The van der Waals surface area contributed by atoms with E-state index in [1.165, 1.54) is 0 Å². The maximum absolute atomic E-state index is 12.1. The highest BCUT2D eigenvalue weighted by molar-refractivity contribution is 5.85. The second-order valence-electron chi connectivity index (χ2n) is 5.75. The Balaban J connectivity index is 0.00000264. The minimum atomic E-state index is -0.0384. The quantitative estimate of drug-likeness (QED) is 0.823. The molecule has 5 nitrogen and oxygen atoms in total. The van der Waals surface area contributed by atoms with Gasteiger partial charge in [-0.05, 0) is 31.5 Å². The number of hydrogen-bond acceptors (Lipinski definition) is 3. The van der Waals surface area contributed by atoms with Crippen molar-refractivity contribution in [1.29, 1.82) is 0 Å². The Morgan fingerprint density at radius 2 is 1.87 bits per heavy atom. The summed E-state index contributed by atoms with van der Waals surface area (Å²) in [5.74, 6) is 0.0652. The van der Waals surface area contributed by atoms with E-state index in [1.54, 1.807) is 0 Å². The van der Waals surface area contributed by atoms with Crippen LogP contribution in [0.3, 0.4) is 0 Å². The third kappa shape index (κ3) is 6.59. The van der Waals surface area contributed by atoms with Crippen LogP contribution in [0, 0.1) is 0 Å². The molecule has 1 fully saturated rings. The Morgan fingerprint density at radius 3 is 2.52 bits per heavy atom. The zero-order valence-electron chi connectivity index (χ0n) is 13.6. The monoisotopic (exact) mass is 339 g/mol. The van der Waals surface area contributed by atoms with Gasteiger partial charge in [0.2, 0.25) is 11.8 Å². The van der Waals surface area contributed by atoms with E-state index in [0.29, 0.717) is 25.4 Å². The standard InChI is InChI=1S/C17H25N3O2.ClH/c1-20(15-7-10-18-11-8-15)17(22)9-12-19-16(21)13-14-5-3-2-4-6-14;/h2-6,15,18H,7-13H2,1H3,(H,19,21);1H. The largest absolute Gasteiger partial charge is 0.355 e. The van der Waals surface area contributed by atoms with E-state index in [-0.39, 0.29) is 24.2 Å². The summed E-state index contributed by atoms with van der Waals surface area (Å²) >= 11 is 0. The van der Waals surface area contributed by atoms with Crippen molar-refractivity contribution in [2.45, 2.75) is 31.7 Å². The predicted octanol–water partition coefficient (Wildman–Crippen LogP) is 1.37. The molecule has 0 saturated carbocycles. The third-order valence-corrected chi connectivity index (χ3v) is 4.12. The number of hydrogen-bond donors (Lipinski definition) is 2. The first kappa shape index (κ1) is 19.5. The van der Waals surface area contributed by atoms with Crippen LogP contribution in [-0.4, -0.2) is 49.4 Å². The second-order valence-corrected chi connectivity index (χ2v) is 5.75. The van der Waals surface area contributed by atoms with Gasteiger partial charge in [0, 0.05) is 26.1 Å². The molecule has 6 heteroatoms. The molecule has 2 N–H and O–H groups in total. The van der Waals surface area contributed by atoms with Crippen LogP contribution in [0.15, 0.2) is 30.3 Å². The lowest BCUT2D eigenvalue weighted by Crippen LogP contribution is -2.44. The molecule has 1 aromatic carbocycles. The number of nitrogens with one attached hydrogen (secondary N) is 2. The number of nitrogens with zero attached hydrogens (tertiary/aromatic N) is 1. The second kappa shape index (κ2) is 10.2. The van der Waals surface area contributed by atoms with Gasteiger partial charge in [-0.2, -0.15) is 0 Å². The summed E-state index contributed by atoms with van der Waals surface area (Å²) in [4.78, 5) is 25.8. The molecule has 0 unspecified atom stereocenters. The van der Waals surface area contributed by atoms with Crippen molar-refractivity contribution < 1.29 is 9.59 Å². The highest BCUT2D eigenvalue weighted by Gasteiger charge is 2.21. The first-order chi connectivity index (χ1) is 10.7. The van der Waals surface area contributed by atoms with Crippen molar-refractivity contribution >= 4 is 24.2 Å². The Kier molecular flexibility index (Phi) is 8.66. The van der Waals surface area contributed by atoms with Crippen LogP contribution >= 0.6 is 12.4 Å². The summed E-state index contributed by atoms with van der Waals surface area (Å²) < 4.78 is 0. The lowest BCUT2D eigenvalue weighted by Gasteiger charge is -2.31. The first-order valence-electron chi connectivity index (χ1n) is 7.94. The summed E-state index contributed by atoms with van der Waals surface area (Å²) in [6.45, 7) is 2.34. The number of rotatable bonds is 6. The molecule has 0 aliphatic carbocycles. The Morgan fingerprint density at radius 1 is 1.22 bits per heavy atom. The average Bonchev–Trinajstić information content (AvgIpc) is 2.55. The summed E-state index contributed by atoms with van der Waals surface area (Å²) in [7, 11) is 1.87. The topological polar surface area (TPSA) is 61.4 Å². The Hall–Kier alpha value is -1.59. The van der Waals surface area contributed by atoms with E-state index >= 15 is 0 Å². The molecule has 0 spiro atoms. The molecule has 1 aliphatic heterocycles. The number of halogens is 1. The highest BCUT2D eigenvalue weighted by Crippen LogP contribution is 2.10. The molecule has 1 saturated heterocycles. The molecule has 0 bridgehead atoms. The van der Waals surface area contributed by atoms with Gasteiger partial charge >= 0.3 is 0 Å². The van der Waals surface area contributed by atoms with Gasteiger partial charge in [0.05, 0.1) is 6.42 Å². The predicted molar refractivity (Wildman–Crippen MR) is 93.7 cm³/mol. The number of carbonyl (C=O) groups excluding carboxylic acids is 2. The van der Waals surface area contributed by atoms with Crippen LogP contribution in [0.2, 0.25) is 0 Å². The normalized spacial score (nSPS) is 14.7. The molecule has 1 aromatic rings. The fourth-order valence-corrected chi connectivity index (χ4v) is 2.73. The van der Waals surface area contributed by atoms with E-state index in [2.05, 4.69) is 10.6 Å². The smallest absolute Gasteiger partial charge is 0.224 e. The van der Waals surface area contributed by atoms with Crippen LogP contribution in [0.25, 0.3) is 0 Å². The molecule has 23 heavy (non-hydrogen) atoms. The summed E-state index contributed by atoms with van der Waals surface area (Å²) in [5.41, 5.74) is 0.984. The number of carbonyl (C=O) groups is 2. The van der Waals surface area contributed by atoms with Crippen LogP contribution in [0.4, 0.5) is 0 Å². The van der Waals surface area contributed by atoms with Gasteiger partial charge in [0.25, 0.3) is 0 Å². The number of benzene rings is 1. The van der Waals surface area contributed by atoms with Crippen LogP contribution in [0.1, 0.15) is 24.8 Å². The summed E-state index contributed by atoms with van der Waals surface area (Å²) in [6, 6.07) is 9.94. The van der Waals surface area contributed by atoms with Crippen molar-refractivity contribution in [3.05, 3.63) is 35.9 Å². The molecule has 0 aromatic heterocycles. The van der Waals surface area contributed by atoms with Crippen LogP contribution in [-0.2, 0) is 16.0 Å². The van der Waals surface area contributed by atoms with Gasteiger partial charge in [-0.25, -0.2) is 0 Å². The minimum Gasteiger partial charge on any atom is -0.355 e. The minimum absolute atomic E-state index is 0. The zero-order chi connectivity index (χ0) is 15.8. The molecule has 0 radical (unpaired) electrons. The number of piperidine rings is 1. The molecule has 2 amide bonds. The fraction of sp³-hybridized carbons (Fsp3) is 0.529. The molecular formula is C17H26ClN3O2. The molecule has 0 atom stereocenters. The van der Waals surface area contributed by atoms with E-state index in [1.807, 2.05) is 42.3 Å². The lowest BCUT2D eigenvalue weighted by atomic mass is 10.1. The van der Waals surface area contributed by atoms with E-state index in [9.17, 15) is 9.59 Å². The maximum atomic E-state index is 12.1. The molecule has 128 valence electrons. The van der Waals surface area contributed by atoms with Gasteiger partial charge in [0.1, 0.15) is 0 Å². The van der Waals surface area contributed by atoms with Gasteiger partial charge in [-0.3, -0.25) is 9.59 Å². The SMILES string of the molecule is CN(C(=O)CCNC(=O)Cc1ccccc1)C1CCNCC1.Cl. The lowest BCUT2D eigenvalue weighted by molar-refractivity contribution is -0.132. The highest BCUT2D eigenvalue weighted by atomic mass is 35.5. The van der Waals surface area contributed by atoms with Gasteiger partial charge in [-0.1, -0.05) is 30.3 Å². The fourth-order valence-electron chi connectivity index (χ4n) is 2.73. The van der Waals surface area contributed by atoms with Gasteiger partial charge in [-0.15, -0.1) is 12.4 Å². The third-order valence-electron chi connectivity index (χ3n) is 4.12. The van der Waals surface area contributed by atoms with Gasteiger partial charge in [0.15, 0.2) is 0 Å². The Bertz CT molecular complexity index is 490. The molecule has 1 aliphatic rings. The van der Waals surface area contributed by atoms with Crippen LogP contribution < -0.4 is 10.6 Å². The molecule has 2 rings (SSSR count). The van der Waals surface area contributed by atoms with Crippen molar-refractivity contribution in [1.82, 2.24) is 15.5 Å². The average molecular weight is 340 g/mol. The van der Waals surface area contributed by atoms with Crippen molar-refractivity contribution in [2.75, 3.05) is 26.7 Å². The van der Waals surface area contributed by atoms with Crippen LogP contribution in [0.5, 0.6) is 0 Å². The zero-order valence-corrected chi connectivity index (χ0v) is 14.4. The van der Waals surface area contributed by atoms with Crippen molar-refractivity contribution in [2.24, 2.45) is 0 Å². The summed E-state index contributed by atoms with van der Waals surface area (Å²) in [6.07, 6.45) is 2.73. The Labute approximate surface area is 144 Å². The van der Waals surface area contributed by atoms with Crippen molar-refractivity contribution in [3.8, 4) is 0 Å². The maximum Gasteiger partial charge on any atom is 0.224 e. The van der Waals surface area contributed by atoms with E-state index < -0.39 is 0 Å². The molecular weight excluding hydrogens is 314 g/mol.